The van der Waals surface area contributed by atoms with Gasteiger partial charge in [-0.25, -0.2) is 13.6 Å². The van der Waals surface area contributed by atoms with Gasteiger partial charge < -0.3 is 5.11 Å². The van der Waals surface area contributed by atoms with Crippen molar-refractivity contribution in [3.8, 4) is 0 Å². The van der Waals surface area contributed by atoms with Crippen molar-refractivity contribution < 1.29 is 18.7 Å². The molecule has 4 nitrogen and oxygen atoms in total. The lowest BCUT2D eigenvalue weighted by Gasteiger charge is -1.96. The van der Waals surface area contributed by atoms with Gasteiger partial charge in [-0.2, -0.15) is 5.10 Å². The lowest BCUT2D eigenvalue weighted by atomic mass is 10.4. The maximum Gasteiger partial charge on any atom is 0.338 e. The molecule has 0 saturated heterocycles. The highest BCUT2D eigenvalue weighted by atomic mass is 19.3. The number of rotatable bonds is 3. The van der Waals surface area contributed by atoms with E-state index in [0.717, 1.165) is 17.1 Å². The van der Waals surface area contributed by atoms with Crippen LogP contribution < -0.4 is 0 Å². The molecule has 0 fully saturated rings. The zero-order valence-corrected chi connectivity index (χ0v) is 5.94. The highest BCUT2D eigenvalue weighted by molar-refractivity contribution is 5.86. The smallest absolute Gasteiger partial charge is 0.338 e. The van der Waals surface area contributed by atoms with Crippen LogP contribution in [0, 0.1) is 0 Å². The third-order valence-electron chi connectivity index (χ3n) is 1.21. The molecule has 1 N–H and O–H groups in total. The Bertz CT molecular complexity index is 285. The van der Waals surface area contributed by atoms with E-state index in [1.807, 2.05) is 0 Å². The Morgan fingerprint density at radius 1 is 1.75 bits per heavy atom. The minimum absolute atomic E-state index is 0.0874. The summed E-state index contributed by atoms with van der Waals surface area (Å²) >= 11 is 0. The Balaban J connectivity index is 2.71. The van der Waals surface area contributed by atoms with Gasteiger partial charge in [0.15, 0.2) is 0 Å². The molecule has 1 heterocycles. The largest absolute Gasteiger partial charge is 0.478 e. The van der Waals surface area contributed by atoms with Crippen LogP contribution in [0.4, 0.5) is 8.78 Å². The third-order valence-corrected chi connectivity index (χ3v) is 1.21. The molecule has 66 valence electrons. The second-order valence-electron chi connectivity index (χ2n) is 2.15. The number of carboxylic acids is 1. The molecule has 1 aromatic heterocycles. The molecule has 0 aliphatic carbocycles. The SMILES string of the molecule is O=C(O)c1cnn(CC(F)F)c1. The van der Waals surface area contributed by atoms with Gasteiger partial charge in [-0.1, -0.05) is 0 Å². The Morgan fingerprint density at radius 2 is 2.42 bits per heavy atom. The van der Waals surface area contributed by atoms with Crippen molar-refractivity contribution in [1.29, 1.82) is 0 Å². The van der Waals surface area contributed by atoms with Crippen molar-refractivity contribution >= 4 is 5.97 Å². The summed E-state index contributed by atoms with van der Waals surface area (Å²) in [6.45, 7) is -0.576. The van der Waals surface area contributed by atoms with E-state index < -0.39 is 18.9 Å². The van der Waals surface area contributed by atoms with E-state index in [1.54, 1.807) is 0 Å². The van der Waals surface area contributed by atoms with Gasteiger partial charge in [0.2, 0.25) is 0 Å². The molecule has 0 aliphatic rings. The Labute approximate surface area is 66.4 Å². The molecule has 0 bridgehead atoms. The van der Waals surface area contributed by atoms with E-state index in [9.17, 15) is 13.6 Å². The number of hydrogen-bond acceptors (Lipinski definition) is 2. The molecule has 12 heavy (non-hydrogen) atoms. The number of nitrogens with zero attached hydrogens (tertiary/aromatic N) is 2. The standard InChI is InChI=1S/C6H6F2N2O2/c7-5(8)3-10-2-4(1-9-10)6(11)12/h1-2,5H,3H2,(H,11,12). The second-order valence-corrected chi connectivity index (χ2v) is 2.15. The number of halogens is 2. The van der Waals surface area contributed by atoms with Crippen molar-refractivity contribution in [1.82, 2.24) is 9.78 Å². The minimum atomic E-state index is -2.52. The molecule has 0 aliphatic heterocycles. The van der Waals surface area contributed by atoms with E-state index in [2.05, 4.69) is 5.10 Å². The third kappa shape index (κ3) is 2.01. The van der Waals surface area contributed by atoms with Crippen molar-refractivity contribution in [3.05, 3.63) is 18.0 Å². The predicted octanol–water partition coefficient (Wildman–Crippen LogP) is 0.846. The summed E-state index contributed by atoms with van der Waals surface area (Å²) in [6, 6.07) is 0. The summed E-state index contributed by atoms with van der Waals surface area (Å²) in [5.41, 5.74) is -0.0874. The number of carboxylic acid groups (broad SMARTS) is 1. The Kier molecular flexibility index (Phi) is 2.37. The van der Waals surface area contributed by atoms with Crippen LogP contribution in [0.2, 0.25) is 0 Å². The quantitative estimate of drug-likeness (QED) is 0.742. The lowest BCUT2D eigenvalue weighted by molar-refractivity contribution is 0.0696. The first-order valence-corrected chi connectivity index (χ1v) is 3.13. The summed E-state index contributed by atoms with van der Waals surface area (Å²) in [5, 5.41) is 11.8. The molecule has 0 unspecified atom stereocenters. The van der Waals surface area contributed by atoms with Crippen LogP contribution in [0.15, 0.2) is 12.4 Å². The van der Waals surface area contributed by atoms with Gasteiger partial charge in [0, 0.05) is 6.20 Å². The fourth-order valence-corrected chi connectivity index (χ4v) is 0.715. The molecule has 1 rings (SSSR count). The monoisotopic (exact) mass is 176 g/mol. The molecular weight excluding hydrogens is 170 g/mol. The molecular formula is C6H6F2N2O2. The maximum atomic E-state index is 11.7. The van der Waals surface area contributed by atoms with Crippen molar-refractivity contribution in [3.63, 3.8) is 0 Å². The normalized spacial score (nSPS) is 10.6. The van der Waals surface area contributed by atoms with E-state index in [0.29, 0.717) is 0 Å². The van der Waals surface area contributed by atoms with Crippen LogP contribution >= 0.6 is 0 Å². The van der Waals surface area contributed by atoms with Crippen LogP contribution in [0.3, 0.4) is 0 Å². The fraction of sp³-hybridized carbons (Fsp3) is 0.333. The topological polar surface area (TPSA) is 55.1 Å². The number of carbonyl (C=O) groups is 1. The number of hydrogen-bond donors (Lipinski definition) is 1. The van der Waals surface area contributed by atoms with Gasteiger partial charge in [-0.15, -0.1) is 0 Å². The van der Waals surface area contributed by atoms with Crippen LogP contribution in [0.25, 0.3) is 0 Å². The Hall–Kier alpha value is -1.46. The summed E-state index contributed by atoms with van der Waals surface area (Å²) in [6.07, 6.45) is -0.425. The lowest BCUT2D eigenvalue weighted by Crippen LogP contribution is -2.06. The van der Waals surface area contributed by atoms with Gasteiger partial charge in [0.05, 0.1) is 11.8 Å². The van der Waals surface area contributed by atoms with E-state index >= 15 is 0 Å². The van der Waals surface area contributed by atoms with Crippen molar-refractivity contribution in [2.45, 2.75) is 13.0 Å². The van der Waals surface area contributed by atoms with Crippen molar-refractivity contribution in [2.24, 2.45) is 0 Å². The highest BCUT2D eigenvalue weighted by Crippen LogP contribution is 2.01. The summed E-state index contributed by atoms with van der Waals surface area (Å²) in [4.78, 5) is 10.3. The van der Waals surface area contributed by atoms with Crippen LogP contribution in [0.5, 0.6) is 0 Å². The second kappa shape index (κ2) is 3.29. The average molecular weight is 176 g/mol. The first-order chi connectivity index (χ1) is 5.59. The minimum Gasteiger partial charge on any atom is -0.478 e. The molecule has 0 spiro atoms. The molecule has 0 radical (unpaired) electrons. The number of aromatic carboxylic acids is 1. The summed E-state index contributed by atoms with van der Waals surface area (Å²) in [7, 11) is 0. The van der Waals surface area contributed by atoms with E-state index in [1.165, 1.54) is 0 Å². The van der Waals surface area contributed by atoms with Crippen LogP contribution in [-0.2, 0) is 6.54 Å². The zero-order valence-electron chi connectivity index (χ0n) is 5.94. The van der Waals surface area contributed by atoms with Gasteiger partial charge in [-0.3, -0.25) is 4.68 Å². The molecule has 0 amide bonds. The number of alkyl halides is 2. The highest BCUT2D eigenvalue weighted by Gasteiger charge is 2.08. The first kappa shape index (κ1) is 8.63. The molecule has 0 aromatic carbocycles. The van der Waals surface area contributed by atoms with Crippen LogP contribution in [0.1, 0.15) is 10.4 Å². The molecule has 6 heteroatoms. The van der Waals surface area contributed by atoms with Crippen molar-refractivity contribution in [2.75, 3.05) is 0 Å². The van der Waals surface area contributed by atoms with E-state index in [-0.39, 0.29) is 5.56 Å². The summed E-state index contributed by atoms with van der Waals surface area (Å²) < 4.78 is 24.3. The molecule has 0 saturated carbocycles. The van der Waals surface area contributed by atoms with Crippen LogP contribution in [-0.4, -0.2) is 27.3 Å². The van der Waals surface area contributed by atoms with E-state index in [4.69, 9.17) is 5.11 Å². The fourth-order valence-electron chi connectivity index (χ4n) is 0.715. The number of aromatic nitrogens is 2. The Morgan fingerprint density at radius 3 is 2.83 bits per heavy atom. The zero-order chi connectivity index (χ0) is 9.14. The molecule has 1 aromatic rings. The predicted molar refractivity (Wildman–Crippen MR) is 35.2 cm³/mol. The summed E-state index contributed by atoms with van der Waals surface area (Å²) in [5.74, 6) is -1.17. The van der Waals surface area contributed by atoms with Gasteiger partial charge >= 0.3 is 5.97 Å². The molecule has 0 atom stereocenters. The maximum absolute atomic E-state index is 11.7. The van der Waals surface area contributed by atoms with Gasteiger partial charge in [-0.05, 0) is 0 Å². The van der Waals surface area contributed by atoms with Gasteiger partial charge in [0.1, 0.15) is 6.54 Å². The van der Waals surface area contributed by atoms with Gasteiger partial charge in [0.25, 0.3) is 6.43 Å². The first-order valence-electron chi connectivity index (χ1n) is 3.13. The average Bonchev–Trinajstić information content (AvgIpc) is 2.34.